The number of aryl methyl sites for hydroxylation is 1. The third-order valence-electron chi connectivity index (χ3n) is 2.25. The van der Waals surface area contributed by atoms with Gasteiger partial charge in [0, 0.05) is 24.7 Å². The first-order valence-electron chi connectivity index (χ1n) is 5.17. The molecule has 1 aromatic rings. The van der Waals surface area contributed by atoms with E-state index in [1.54, 1.807) is 6.20 Å². The number of Topliss-reactive ketones (excluding diaryl/α,β-unsaturated/α-hetero) is 1. The lowest BCUT2D eigenvalue weighted by molar-refractivity contribution is -0.122. The molecule has 14 heavy (non-hydrogen) atoms. The topological polar surface area (TPSA) is 34.9 Å². The molecule has 0 bridgehead atoms. The van der Waals surface area contributed by atoms with E-state index in [0.29, 0.717) is 6.54 Å². The highest BCUT2D eigenvalue weighted by atomic mass is 16.1. The lowest BCUT2D eigenvalue weighted by Gasteiger charge is -2.08. The number of aromatic nitrogens is 2. The highest BCUT2D eigenvalue weighted by Gasteiger charge is 2.10. The van der Waals surface area contributed by atoms with Crippen molar-refractivity contribution in [3.8, 4) is 0 Å². The molecule has 0 radical (unpaired) electrons. The molecule has 0 unspecified atom stereocenters. The van der Waals surface area contributed by atoms with Crippen molar-refractivity contribution >= 4 is 5.78 Å². The van der Waals surface area contributed by atoms with Crippen molar-refractivity contribution in [1.29, 1.82) is 0 Å². The largest absolute Gasteiger partial charge is 0.327 e. The molecule has 0 N–H and O–H groups in total. The lowest BCUT2D eigenvalue weighted by Crippen LogP contribution is -2.16. The molecule has 0 aliphatic carbocycles. The summed E-state index contributed by atoms with van der Waals surface area (Å²) in [5.74, 6) is 1.38. The Morgan fingerprint density at radius 3 is 2.86 bits per heavy atom. The molecule has 78 valence electrons. The Morgan fingerprint density at radius 2 is 2.29 bits per heavy atom. The zero-order chi connectivity index (χ0) is 10.6. The zero-order valence-electron chi connectivity index (χ0n) is 9.16. The molecule has 0 saturated heterocycles. The summed E-state index contributed by atoms with van der Waals surface area (Å²) in [5.41, 5.74) is 0. The van der Waals surface area contributed by atoms with Crippen molar-refractivity contribution in [2.75, 3.05) is 0 Å². The van der Waals surface area contributed by atoms with Crippen molar-refractivity contribution in [1.82, 2.24) is 9.55 Å². The molecule has 0 amide bonds. The van der Waals surface area contributed by atoms with E-state index in [2.05, 4.69) is 11.9 Å². The van der Waals surface area contributed by atoms with Crippen LogP contribution in [-0.4, -0.2) is 15.3 Å². The van der Waals surface area contributed by atoms with Crippen LogP contribution in [0.15, 0.2) is 12.4 Å². The molecule has 1 aromatic heterocycles. The average Bonchev–Trinajstić information content (AvgIpc) is 2.53. The molecule has 3 nitrogen and oxygen atoms in total. The summed E-state index contributed by atoms with van der Waals surface area (Å²) < 4.78 is 1.95. The van der Waals surface area contributed by atoms with Gasteiger partial charge in [-0.2, -0.15) is 0 Å². The normalized spacial score (nSPS) is 10.9. The van der Waals surface area contributed by atoms with E-state index in [1.807, 2.05) is 24.6 Å². The van der Waals surface area contributed by atoms with Crippen molar-refractivity contribution in [3.63, 3.8) is 0 Å². The SMILES string of the molecule is CCCc1nccn1CC(=O)C(C)C. The number of imidazole rings is 1. The van der Waals surface area contributed by atoms with E-state index in [1.165, 1.54) is 0 Å². The molecule has 1 heterocycles. The minimum Gasteiger partial charge on any atom is -0.327 e. The van der Waals surface area contributed by atoms with Crippen molar-refractivity contribution in [2.45, 2.75) is 40.2 Å². The fourth-order valence-corrected chi connectivity index (χ4v) is 1.29. The van der Waals surface area contributed by atoms with Gasteiger partial charge in [0.15, 0.2) is 5.78 Å². The first-order valence-corrected chi connectivity index (χ1v) is 5.17. The second-order valence-electron chi connectivity index (χ2n) is 3.84. The third kappa shape index (κ3) is 2.69. The number of carbonyl (C=O) groups excluding carboxylic acids is 1. The van der Waals surface area contributed by atoms with Gasteiger partial charge in [0.1, 0.15) is 5.82 Å². The van der Waals surface area contributed by atoms with Crippen LogP contribution in [0.5, 0.6) is 0 Å². The van der Waals surface area contributed by atoms with Crippen LogP contribution >= 0.6 is 0 Å². The number of rotatable bonds is 5. The summed E-state index contributed by atoms with van der Waals surface area (Å²) in [6, 6.07) is 0. The monoisotopic (exact) mass is 194 g/mol. The van der Waals surface area contributed by atoms with Gasteiger partial charge in [-0.3, -0.25) is 4.79 Å². The smallest absolute Gasteiger partial charge is 0.155 e. The number of hydrogen-bond donors (Lipinski definition) is 0. The summed E-state index contributed by atoms with van der Waals surface area (Å²) in [6.07, 6.45) is 5.65. The minimum atomic E-state index is 0.104. The fourth-order valence-electron chi connectivity index (χ4n) is 1.29. The quantitative estimate of drug-likeness (QED) is 0.719. The Kier molecular flexibility index (Phi) is 3.86. The van der Waals surface area contributed by atoms with E-state index in [0.717, 1.165) is 18.7 Å². The molecule has 1 rings (SSSR count). The average molecular weight is 194 g/mol. The van der Waals surface area contributed by atoms with Gasteiger partial charge in [0.05, 0.1) is 6.54 Å². The maximum absolute atomic E-state index is 11.5. The Bertz CT molecular complexity index is 302. The first-order chi connectivity index (χ1) is 6.65. The number of ketones is 1. The molecule has 3 heteroatoms. The second kappa shape index (κ2) is 4.94. The Morgan fingerprint density at radius 1 is 1.57 bits per heavy atom. The Balaban J connectivity index is 2.66. The van der Waals surface area contributed by atoms with Crippen LogP contribution in [0.3, 0.4) is 0 Å². The summed E-state index contributed by atoms with van der Waals surface area (Å²) in [6.45, 7) is 6.44. The van der Waals surface area contributed by atoms with E-state index in [4.69, 9.17) is 0 Å². The highest BCUT2D eigenvalue weighted by molar-refractivity contribution is 5.80. The predicted molar refractivity (Wildman–Crippen MR) is 56.1 cm³/mol. The zero-order valence-corrected chi connectivity index (χ0v) is 9.16. The van der Waals surface area contributed by atoms with Gasteiger partial charge in [0.25, 0.3) is 0 Å². The fraction of sp³-hybridized carbons (Fsp3) is 0.636. The third-order valence-corrected chi connectivity index (χ3v) is 2.25. The van der Waals surface area contributed by atoms with Crippen LogP contribution in [0.4, 0.5) is 0 Å². The van der Waals surface area contributed by atoms with E-state index >= 15 is 0 Å². The molecule has 0 aliphatic rings. The molecular weight excluding hydrogens is 176 g/mol. The summed E-state index contributed by atoms with van der Waals surface area (Å²) in [5, 5.41) is 0. The second-order valence-corrected chi connectivity index (χ2v) is 3.84. The number of carbonyl (C=O) groups is 1. The maximum Gasteiger partial charge on any atom is 0.155 e. The van der Waals surface area contributed by atoms with Gasteiger partial charge < -0.3 is 4.57 Å². The van der Waals surface area contributed by atoms with Crippen LogP contribution in [0.1, 0.15) is 33.0 Å². The predicted octanol–water partition coefficient (Wildman–Crippen LogP) is 2.06. The van der Waals surface area contributed by atoms with Crippen LogP contribution < -0.4 is 0 Å². The van der Waals surface area contributed by atoms with Crippen LogP contribution in [0.25, 0.3) is 0 Å². The van der Waals surface area contributed by atoms with Crippen LogP contribution in [0, 0.1) is 5.92 Å². The molecule has 0 spiro atoms. The van der Waals surface area contributed by atoms with Crippen molar-refractivity contribution in [3.05, 3.63) is 18.2 Å². The molecule has 0 aliphatic heterocycles. The Labute approximate surface area is 85.2 Å². The van der Waals surface area contributed by atoms with Gasteiger partial charge in [-0.1, -0.05) is 20.8 Å². The maximum atomic E-state index is 11.5. The Hall–Kier alpha value is -1.12. The highest BCUT2D eigenvalue weighted by Crippen LogP contribution is 2.04. The van der Waals surface area contributed by atoms with Gasteiger partial charge in [-0.15, -0.1) is 0 Å². The van der Waals surface area contributed by atoms with Gasteiger partial charge in [-0.05, 0) is 6.42 Å². The van der Waals surface area contributed by atoms with Gasteiger partial charge >= 0.3 is 0 Å². The summed E-state index contributed by atoms with van der Waals surface area (Å²) in [7, 11) is 0. The molecular formula is C11H18N2O. The summed E-state index contributed by atoms with van der Waals surface area (Å²) in [4.78, 5) is 15.7. The van der Waals surface area contributed by atoms with Crippen LogP contribution in [0.2, 0.25) is 0 Å². The van der Waals surface area contributed by atoms with Gasteiger partial charge in [-0.25, -0.2) is 4.98 Å². The van der Waals surface area contributed by atoms with E-state index in [-0.39, 0.29) is 11.7 Å². The van der Waals surface area contributed by atoms with Crippen LogP contribution in [-0.2, 0) is 17.8 Å². The minimum absolute atomic E-state index is 0.104. The number of nitrogens with zero attached hydrogens (tertiary/aromatic N) is 2. The van der Waals surface area contributed by atoms with Crippen molar-refractivity contribution in [2.24, 2.45) is 5.92 Å². The number of hydrogen-bond acceptors (Lipinski definition) is 2. The standard InChI is InChI=1S/C11H18N2O/c1-4-5-11-12-6-7-13(11)8-10(14)9(2)3/h6-7,9H,4-5,8H2,1-3H3. The molecule has 0 atom stereocenters. The van der Waals surface area contributed by atoms with Gasteiger partial charge in [0.2, 0.25) is 0 Å². The lowest BCUT2D eigenvalue weighted by atomic mass is 10.1. The summed E-state index contributed by atoms with van der Waals surface area (Å²) >= 11 is 0. The molecule has 0 saturated carbocycles. The first kappa shape index (κ1) is 11.0. The van der Waals surface area contributed by atoms with E-state index in [9.17, 15) is 4.79 Å². The van der Waals surface area contributed by atoms with E-state index < -0.39 is 0 Å². The molecule has 0 fully saturated rings. The van der Waals surface area contributed by atoms with Crippen molar-refractivity contribution < 1.29 is 4.79 Å². The molecule has 0 aromatic carbocycles.